The minimum Gasteiger partial charge on any atom is -0.444 e. The average Bonchev–Trinajstić information content (AvgIpc) is 3.16. The van der Waals surface area contributed by atoms with Gasteiger partial charge in [-0.2, -0.15) is 0 Å². The third kappa shape index (κ3) is 4.38. The summed E-state index contributed by atoms with van der Waals surface area (Å²) in [5, 5.41) is 5.69. The fourth-order valence-corrected chi connectivity index (χ4v) is 4.56. The van der Waals surface area contributed by atoms with Gasteiger partial charge in [0.2, 0.25) is 0 Å². The minimum atomic E-state index is -0.383. The highest BCUT2D eigenvalue weighted by atomic mass is 79.9. The Morgan fingerprint density at radius 3 is 2.59 bits per heavy atom. The van der Waals surface area contributed by atoms with Crippen molar-refractivity contribution in [3.63, 3.8) is 0 Å². The number of carbonyl (C=O) groups excluding carboxylic acids is 2. The van der Waals surface area contributed by atoms with Gasteiger partial charge in [0.1, 0.15) is 5.82 Å². The zero-order chi connectivity index (χ0) is 20.4. The van der Waals surface area contributed by atoms with Crippen LogP contribution in [0.25, 0.3) is 0 Å². The Kier molecular flexibility index (Phi) is 5.73. The average molecular weight is 475 g/mol. The summed E-state index contributed by atoms with van der Waals surface area (Å²) in [7, 11) is 0. The van der Waals surface area contributed by atoms with Crippen molar-refractivity contribution >= 4 is 45.2 Å². The maximum Gasteiger partial charge on any atom is 0.291 e. The van der Waals surface area contributed by atoms with Crippen molar-refractivity contribution in [1.82, 2.24) is 5.32 Å². The topological polar surface area (TPSA) is 71.3 Å². The summed E-state index contributed by atoms with van der Waals surface area (Å²) in [5.74, 6) is 0.0401. The predicted molar refractivity (Wildman–Crippen MR) is 113 cm³/mol. The van der Waals surface area contributed by atoms with E-state index in [4.69, 9.17) is 4.42 Å². The van der Waals surface area contributed by atoms with Crippen LogP contribution in [0.15, 0.2) is 68.6 Å². The highest BCUT2D eigenvalue weighted by molar-refractivity contribution is 9.10. The van der Waals surface area contributed by atoms with E-state index in [9.17, 15) is 14.0 Å². The second kappa shape index (κ2) is 8.42. The molecule has 8 heteroatoms. The zero-order valence-corrected chi connectivity index (χ0v) is 17.5. The summed E-state index contributed by atoms with van der Waals surface area (Å²) < 4.78 is 19.7. The molecule has 0 saturated carbocycles. The van der Waals surface area contributed by atoms with E-state index in [-0.39, 0.29) is 29.4 Å². The smallest absolute Gasteiger partial charge is 0.291 e. The molecule has 2 heterocycles. The first-order chi connectivity index (χ1) is 14.0. The highest BCUT2D eigenvalue weighted by Gasteiger charge is 2.24. The third-order valence-electron chi connectivity index (χ3n) is 4.53. The summed E-state index contributed by atoms with van der Waals surface area (Å²) in [6.45, 7) is 0. The van der Waals surface area contributed by atoms with Crippen LogP contribution in [0, 0.1) is 5.82 Å². The van der Waals surface area contributed by atoms with Crippen molar-refractivity contribution in [3.8, 4) is 0 Å². The molecule has 0 fully saturated rings. The normalized spacial score (nSPS) is 15.4. The van der Waals surface area contributed by atoms with Gasteiger partial charge in [-0.25, -0.2) is 4.39 Å². The standard InChI is InChI=1S/C21H16BrFN2O3S/c22-18-9-8-17(28-18)21(27)24-13-6-4-12(5-7-13)20(26)25-16-10-11-29-19-14(16)2-1-3-15(19)23/h1-9,16H,10-11H2,(H,24,27)(H,25,26). The van der Waals surface area contributed by atoms with Crippen LogP contribution in [-0.2, 0) is 0 Å². The Morgan fingerprint density at radius 2 is 1.86 bits per heavy atom. The zero-order valence-electron chi connectivity index (χ0n) is 15.1. The van der Waals surface area contributed by atoms with E-state index < -0.39 is 0 Å². The molecular weight excluding hydrogens is 459 g/mol. The summed E-state index contributed by atoms with van der Waals surface area (Å²) in [4.78, 5) is 25.4. The lowest BCUT2D eigenvalue weighted by Gasteiger charge is -2.26. The van der Waals surface area contributed by atoms with Crippen LogP contribution in [0.1, 0.15) is 38.9 Å². The molecular formula is C21H16BrFN2O3S. The lowest BCUT2D eigenvalue weighted by molar-refractivity contribution is 0.0934. The second-order valence-corrected chi connectivity index (χ2v) is 8.34. The van der Waals surface area contributed by atoms with Crippen molar-refractivity contribution in [1.29, 1.82) is 0 Å². The number of furan rings is 1. The Hall–Kier alpha value is -2.58. The molecule has 1 unspecified atom stereocenters. The van der Waals surface area contributed by atoms with Gasteiger partial charge in [0.05, 0.1) is 6.04 Å². The van der Waals surface area contributed by atoms with E-state index in [1.165, 1.54) is 17.8 Å². The number of benzene rings is 2. The van der Waals surface area contributed by atoms with Crippen molar-refractivity contribution in [2.45, 2.75) is 17.4 Å². The number of hydrogen-bond acceptors (Lipinski definition) is 4. The molecule has 1 aromatic heterocycles. The Balaban J connectivity index is 1.43. The Morgan fingerprint density at radius 1 is 1.07 bits per heavy atom. The van der Waals surface area contributed by atoms with Crippen LogP contribution >= 0.6 is 27.7 Å². The molecule has 0 saturated heterocycles. The molecule has 0 bridgehead atoms. The molecule has 1 aliphatic rings. The first-order valence-corrected chi connectivity index (χ1v) is 10.7. The summed E-state index contributed by atoms with van der Waals surface area (Å²) >= 11 is 4.63. The van der Waals surface area contributed by atoms with Crippen LogP contribution in [-0.4, -0.2) is 17.6 Å². The summed E-state index contributed by atoms with van der Waals surface area (Å²) in [6.07, 6.45) is 0.736. The third-order valence-corrected chi connectivity index (χ3v) is 6.12. The van der Waals surface area contributed by atoms with E-state index >= 15 is 0 Å². The number of thioether (sulfide) groups is 1. The molecule has 0 spiro atoms. The van der Waals surface area contributed by atoms with Crippen molar-refractivity contribution < 1.29 is 18.4 Å². The van der Waals surface area contributed by atoms with Gasteiger partial charge in [0, 0.05) is 21.9 Å². The van der Waals surface area contributed by atoms with Gasteiger partial charge in [-0.1, -0.05) is 12.1 Å². The molecule has 2 aromatic carbocycles. The molecule has 0 radical (unpaired) electrons. The van der Waals surface area contributed by atoms with Crippen LogP contribution in [0.2, 0.25) is 0 Å². The number of nitrogens with one attached hydrogen (secondary N) is 2. The maximum atomic E-state index is 14.0. The van der Waals surface area contributed by atoms with Crippen LogP contribution in [0.3, 0.4) is 0 Å². The Labute approximate surface area is 179 Å². The monoisotopic (exact) mass is 474 g/mol. The van der Waals surface area contributed by atoms with Crippen LogP contribution in [0.5, 0.6) is 0 Å². The fourth-order valence-electron chi connectivity index (χ4n) is 3.11. The molecule has 2 N–H and O–H groups in total. The van der Waals surface area contributed by atoms with Gasteiger partial charge in [-0.05, 0) is 70.4 Å². The number of anilines is 1. The largest absolute Gasteiger partial charge is 0.444 e. The number of fused-ring (bicyclic) bond motifs is 1. The van der Waals surface area contributed by atoms with Crippen LogP contribution < -0.4 is 10.6 Å². The molecule has 148 valence electrons. The minimum absolute atomic E-state index is 0.180. The molecule has 0 aliphatic carbocycles. The molecule has 3 aromatic rings. The Bertz CT molecular complexity index is 1070. The molecule has 5 nitrogen and oxygen atoms in total. The van der Waals surface area contributed by atoms with Gasteiger partial charge >= 0.3 is 0 Å². The van der Waals surface area contributed by atoms with Gasteiger partial charge < -0.3 is 15.1 Å². The van der Waals surface area contributed by atoms with Gasteiger partial charge in [-0.3, -0.25) is 9.59 Å². The number of amides is 2. The molecule has 2 amide bonds. The van der Waals surface area contributed by atoms with Crippen molar-refractivity contribution in [3.05, 3.63) is 82.0 Å². The van der Waals surface area contributed by atoms with Gasteiger partial charge in [0.25, 0.3) is 11.8 Å². The first kappa shape index (κ1) is 19.7. The number of carbonyl (C=O) groups is 2. The number of rotatable bonds is 4. The predicted octanol–water partition coefficient (Wildman–Crippen LogP) is 5.40. The molecule has 1 aliphatic heterocycles. The number of halogens is 2. The SMILES string of the molecule is O=C(NC1CCSc2c(F)cccc21)c1ccc(NC(=O)c2ccc(Br)o2)cc1. The van der Waals surface area contributed by atoms with Crippen LogP contribution in [0.4, 0.5) is 10.1 Å². The number of hydrogen-bond donors (Lipinski definition) is 2. The molecule has 1 atom stereocenters. The van der Waals surface area contributed by atoms with Gasteiger partial charge in [0.15, 0.2) is 10.4 Å². The fraction of sp³-hybridized carbons (Fsp3) is 0.143. The van der Waals surface area contributed by atoms with E-state index in [1.807, 2.05) is 6.07 Å². The lowest BCUT2D eigenvalue weighted by Crippen LogP contribution is -2.30. The quantitative estimate of drug-likeness (QED) is 0.530. The van der Waals surface area contributed by atoms with Gasteiger partial charge in [-0.15, -0.1) is 11.8 Å². The molecule has 4 rings (SSSR count). The van der Waals surface area contributed by atoms with Crippen molar-refractivity contribution in [2.24, 2.45) is 0 Å². The summed E-state index contributed by atoms with van der Waals surface area (Å²) in [5.41, 5.74) is 1.81. The van der Waals surface area contributed by atoms with E-state index in [0.29, 0.717) is 20.8 Å². The van der Waals surface area contributed by atoms with Crippen molar-refractivity contribution in [2.75, 3.05) is 11.1 Å². The lowest BCUT2D eigenvalue weighted by atomic mass is 10.0. The first-order valence-electron chi connectivity index (χ1n) is 8.90. The maximum absolute atomic E-state index is 14.0. The second-order valence-electron chi connectivity index (χ2n) is 6.46. The summed E-state index contributed by atoms with van der Waals surface area (Å²) in [6, 6.07) is 14.5. The van der Waals surface area contributed by atoms with E-state index in [0.717, 1.165) is 17.7 Å². The molecule has 29 heavy (non-hydrogen) atoms. The highest BCUT2D eigenvalue weighted by Crippen LogP contribution is 2.37. The van der Waals surface area contributed by atoms with E-state index in [1.54, 1.807) is 42.5 Å². The van der Waals surface area contributed by atoms with E-state index in [2.05, 4.69) is 26.6 Å².